The highest BCUT2D eigenvalue weighted by molar-refractivity contribution is 6.02. The summed E-state index contributed by atoms with van der Waals surface area (Å²) >= 11 is 0. The molecule has 0 fully saturated rings. The number of carbonyl (C=O) groups is 2. The van der Waals surface area contributed by atoms with Crippen molar-refractivity contribution in [2.24, 2.45) is 0 Å². The number of methoxy groups -OCH3 is 1. The zero-order valence-electron chi connectivity index (χ0n) is 10.2. The number of carbonyl (C=O) groups excluding carboxylic acids is 2. The van der Waals surface area contributed by atoms with Crippen LogP contribution in [-0.2, 0) is 4.74 Å². The molecule has 0 aliphatic carbocycles. The van der Waals surface area contributed by atoms with Gasteiger partial charge in [0.1, 0.15) is 0 Å². The second-order valence-electron chi connectivity index (χ2n) is 3.61. The van der Waals surface area contributed by atoms with Gasteiger partial charge in [0.25, 0.3) is 5.91 Å². The van der Waals surface area contributed by atoms with Gasteiger partial charge in [-0.2, -0.15) is 0 Å². The number of anilines is 1. The van der Waals surface area contributed by atoms with E-state index >= 15 is 0 Å². The predicted molar refractivity (Wildman–Crippen MR) is 64.9 cm³/mol. The van der Waals surface area contributed by atoms with Gasteiger partial charge in [0, 0.05) is 12.2 Å². The minimum absolute atomic E-state index is 0.290. The first-order valence-corrected chi connectivity index (χ1v) is 5.27. The van der Waals surface area contributed by atoms with Crippen molar-refractivity contribution in [2.45, 2.75) is 13.8 Å². The van der Waals surface area contributed by atoms with E-state index in [2.05, 4.69) is 10.1 Å². The summed E-state index contributed by atoms with van der Waals surface area (Å²) in [6, 6.07) is 3.05. The molecule has 0 atom stereocenters. The van der Waals surface area contributed by atoms with Crippen LogP contribution < -0.4 is 11.1 Å². The Morgan fingerprint density at radius 1 is 1.35 bits per heavy atom. The molecule has 0 bridgehead atoms. The van der Waals surface area contributed by atoms with Gasteiger partial charge in [0.05, 0.1) is 18.2 Å². The zero-order chi connectivity index (χ0) is 13.0. The maximum Gasteiger partial charge on any atom is 0.338 e. The summed E-state index contributed by atoms with van der Waals surface area (Å²) in [5.74, 6) is -0.775. The van der Waals surface area contributed by atoms with Gasteiger partial charge in [-0.25, -0.2) is 4.79 Å². The Bertz CT molecular complexity index is 455. The molecule has 17 heavy (non-hydrogen) atoms. The molecule has 92 valence electrons. The number of amides is 1. The molecule has 0 aliphatic rings. The average Bonchev–Trinajstić information content (AvgIpc) is 2.28. The number of esters is 1. The van der Waals surface area contributed by atoms with Crippen LogP contribution in [0.3, 0.4) is 0 Å². The number of hydrogen-bond acceptors (Lipinski definition) is 4. The number of nitrogen functional groups attached to an aromatic ring is 1. The molecule has 3 N–H and O–H groups in total. The lowest BCUT2D eigenvalue weighted by Gasteiger charge is -2.10. The molecule has 5 nitrogen and oxygen atoms in total. The number of nitrogens with two attached hydrogens (primary N) is 1. The molecule has 1 amide bonds. The second kappa shape index (κ2) is 5.34. The molecule has 5 heteroatoms. The van der Waals surface area contributed by atoms with Crippen LogP contribution in [0.5, 0.6) is 0 Å². The molecule has 0 heterocycles. The standard InChI is InChI=1S/C12H16N2O3/c1-4-14-11(15)9-6-8(12(16)17-3)7(2)5-10(9)13/h5-6H,4,13H2,1-3H3,(H,14,15). The maximum atomic E-state index is 11.7. The molecule has 0 saturated carbocycles. The summed E-state index contributed by atoms with van der Waals surface area (Å²) in [6.45, 7) is 4.05. The van der Waals surface area contributed by atoms with Gasteiger partial charge in [0.2, 0.25) is 0 Å². The van der Waals surface area contributed by atoms with E-state index < -0.39 is 5.97 Å². The largest absolute Gasteiger partial charge is 0.465 e. The van der Waals surface area contributed by atoms with Crippen LogP contribution >= 0.6 is 0 Å². The second-order valence-corrected chi connectivity index (χ2v) is 3.61. The first-order chi connectivity index (χ1) is 8.01. The maximum absolute atomic E-state index is 11.7. The molecule has 1 aromatic carbocycles. The summed E-state index contributed by atoms with van der Waals surface area (Å²) < 4.78 is 4.64. The van der Waals surface area contributed by atoms with Gasteiger partial charge in [-0.05, 0) is 31.5 Å². The lowest BCUT2D eigenvalue weighted by Crippen LogP contribution is -2.24. The van der Waals surface area contributed by atoms with Crippen LogP contribution in [0.2, 0.25) is 0 Å². The molecular formula is C12H16N2O3. The Labute approximate surface area is 99.9 Å². The Kier molecular flexibility index (Phi) is 4.09. The molecule has 0 radical (unpaired) electrons. The van der Waals surface area contributed by atoms with E-state index in [1.165, 1.54) is 13.2 Å². The lowest BCUT2D eigenvalue weighted by molar-refractivity contribution is 0.0600. The average molecular weight is 236 g/mol. The van der Waals surface area contributed by atoms with Crippen LogP contribution in [0.4, 0.5) is 5.69 Å². The van der Waals surface area contributed by atoms with Gasteiger partial charge in [-0.3, -0.25) is 4.79 Å². The third-order valence-corrected chi connectivity index (χ3v) is 2.38. The SMILES string of the molecule is CCNC(=O)c1cc(C(=O)OC)c(C)cc1N. The van der Waals surface area contributed by atoms with Gasteiger partial charge in [0.15, 0.2) is 0 Å². The molecule has 0 aromatic heterocycles. The van der Waals surface area contributed by atoms with Crippen LogP contribution in [-0.4, -0.2) is 25.5 Å². The van der Waals surface area contributed by atoms with Crippen molar-refractivity contribution in [3.63, 3.8) is 0 Å². The van der Waals surface area contributed by atoms with Gasteiger partial charge >= 0.3 is 5.97 Å². The Morgan fingerprint density at radius 2 is 2.00 bits per heavy atom. The number of nitrogens with one attached hydrogen (secondary N) is 1. The van der Waals surface area contributed by atoms with Crippen LogP contribution in [0.15, 0.2) is 12.1 Å². The molecule has 1 aromatic rings. The van der Waals surface area contributed by atoms with Crippen molar-refractivity contribution in [2.75, 3.05) is 19.4 Å². The van der Waals surface area contributed by atoms with E-state index in [1.54, 1.807) is 13.0 Å². The predicted octanol–water partition coefficient (Wildman–Crippen LogP) is 1.11. The lowest BCUT2D eigenvalue weighted by atomic mass is 10.0. The van der Waals surface area contributed by atoms with Crippen molar-refractivity contribution in [3.8, 4) is 0 Å². The normalized spacial score (nSPS) is 9.82. The highest BCUT2D eigenvalue weighted by atomic mass is 16.5. The Hall–Kier alpha value is -2.04. The molecular weight excluding hydrogens is 220 g/mol. The van der Waals surface area contributed by atoms with Gasteiger partial charge in [-0.15, -0.1) is 0 Å². The van der Waals surface area contributed by atoms with E-state index in [9.17, 15) is 9.59 Å². The van der Waals surface area contributed by atoms with Crippen molar-refractivity contribution >= 4 is 17.6 Å². The molecule has 0 saturated heterocycles. The van der Waals surface area contributed by atoms with Crippen molar-refractivity contribution < 1.29 is 14.3 Å². The van der Waals surface area contributed by atoms with Crippen LogP contribution in [0.25, 0.3) is 0 Å². The third kappa shape index (κ3) is 2.75. The van der Waals surface area contributed by atoms with Crippen molar-refractivity contribution in [1.29, 1.82) is 0 Å². The summed E-state index contributed by atoms with van der Waals surface area (Å²) in [6.07, 6.45) is 0. The summed E-state index contributed by atoms with van der Waals surface area (Å²) in [5, 5.41) is 2.64. The van der Waals surface area contributed by atoms with Crippen LogP contribution in [0, 0.1) is 6.92 Å². The molecule has 0 aliphatic heterocycles. The van der Waals surface area contributed by atoms with Gasteiger partial charge in [-0.1, -0.05) is 0 Å². The number of benzene rings is 1. The monoisotopic (exact) mass is 236 g/mol. The third-order valence-electron chi connectivity index (χ3n) is 2.38. The summed E-state index contributed by atoms with van der Waals surface area (Å²) in [5.41, 5.74) is 7.42. The minimum atomic E-state index is -0.479. The van der Waals surface area contributed by atoms with E-state index in [0.29, 0.717) is 23.4 Å². The summed E-state index contributed by atoms with van der Waals surface area (Å²) in [4.78, 5) is 23.2. The number of rotatable bonds is 3. The number of hydrogen-bond donors (Lipinski definition) is 2. The summed E-state index contributed by atoms with van der Waals surface area (Å²) in [7, 11) is 1.30. The van der Waals surface area contributed by atoms with Crippen molar-refractivity contribution in [1.82, 2.24) is 5.32 Å². The molecule has 0 unspecified atom stereocenters. The van der Waals surface area contributed by atoms with E-state index in [-0.39, 0.29) is 11.5 Å². The van der Waals surface area contributed by atoms with Gasteiger partial charge < -0.3 is 15.8 Å². The Morgan fingerprint density at radius 3 is 2.53 bits per heavy atom. The molecule has 0 spiro atoms. The minimum Gasteiger partial charge on any atom is -0.465 e. The fourth-order valence-electron chi connectivity index (χ4n) is 1.51. The van der Waals surface area contributed by atoms with Crippen LogP contribution in [0.1, 0.15) is 33.2 Å². The quantitative estimate of drug-likeness (QED) is 0.608. The number of ether oxygens (including phenoxy) is 1. The first-order valence-electron chi connectivity index (χ1n) is 5.27. The molecule has 1 rings (SSSR count). The highest BCUT2D eigenvalue weighted by Crippen LogP contribution is 2.19. The fraction of sp³-hybridized carbons (Fsp3) is 0.333. The smallest absolute Gasteiger partial charge is 0.338 e. The Balaban J connectivity index is 3.23. The number of aryl methyl sites for hydroxylation is 1. The fourth-order valence-corrected chi connectivity index (χ4v) is 1.51. The first kappa shape index (κ1) is 13.0. The van der Waals surface area contributed by atoms with E-state index in [1.807, 2.05) is 6.92 Å². The van der Waals surface area contributed by atoms with E-state index in [0.717, 1.165) is 0 Å². The van der Waals surface area contributed by atoms with E-state index in [4.69, 9.17) is 5.73 Å². The van der Waals surface area contributed by atoms with Crippen molar-refractivity contribution in [3.05, 3.63) is 28.8 Å². The zero-order valence-corrected chi connectivity index (χ0v) is 10.2. The highest BCUT2D eigenvalue weighted by Gasteiger charge is 2.16. The topological polar surface area (TPSA) is 81.4 Å².